The van der Waals surface area contributed by atoms with Crippen molar-refractivity contribution in [1.29, 1.82) is 0 Å². The average Bonchev–Trinajstić information content (AvgIpc) is 2.78. The van der Waals surface area contributed by atoms with Crippen LogP contribution in [0.25, 0.3) is 21.8 Å². The maximum Gasteiger partial charge on any atom is 0.119 e. The highest BCUT2D eigenvalue weighted by molar-refractivity contribution is 6.08. The van der Waals surface area contributed by atoms with Crippen LogP contribution in [0.1, 0.15) is 6.42 Å². The molecule has 1 aromatic heterocycles. The second kappa shape index (κ2) is 4.94. The molecule has 19 heavy (non-hydrogen) atoms. The summed E-state index contributed by atoms with van der Waals surface area (Å²) >= 11 is 0. The monoisotopic (exact) mass is 254 g/mol. The molecular formula is C16H18N2O. The van der Waals surface area contributed by atoms with E-state index >= 15 is 0 Å². The summed E-state index contributed by atoms with van der Waals surface area (Å²) in [5.41, 5.74) is 8.15. The van der Waals surface area contributed by atoms with Gasteiger partial charge in [-0.15, -0.1) is 0 Å². The second-order valence-corrected chi connectivity index (χ2v) is 4.69. The van der Waals surface area contributed by atoms with E-state index in [1.807, 2.05) is 6.07 Å². The fraction of sp³-hybridized carbons (Fsp3) is 0.250. The van der Waals surface area contributed by atoms with Crippen molar-refractivity contribution in [1.82, 2.24) is 4.57 Å². The van der Waals surface area contributed by atoms with E-state index in [2.05, 4.69) is 41.0 Å². The fourth-order valence-corrected chi connectivity index (χ4v) is 2.65. The van der Waals surface area contributed by atoms with Crippen LogP contribution in [-0.4, -0.2) is 18.2 Å². The van der Waals surface area contributed by atoms with E-state index < -0.39 is 0 Å². The average molecular weight is 254 g/mol. The summed E-state index contributed by atoms with van der Waals surface area (Å²) in [7, 11) is 1.70. The molecule has 2 N–H and O–H groups in total. The fourth-order valence-electron chi connectivity index (χ4n) is 2.65. The van der Waals surface area contributed by atoms with Crippen LogP contribution in [0.3, 0.4) is 0 Å². The highest BCUT2D eigenvalue weighted by Crippen LogP contribution is 2.31. The highest BCUT2D eigenvalue weighted by Gasteiger charge is 2.10. The Hall–Kier alpha value is -2.00. The number of para-hydroxylation sites is 1. The Kier molecular flexibility index (Phi) is 3.13. The van der Waals surface area contributed by atoms with Gasteiger partial charge in [0, 0.05) is 28.4 Å². The van der Waals surface area contributed by atoms with Crippen molar-refractivity contribution in [2.45, 2.75) is 13.0 Å². The first kappa shape index (κ1) is 12.1. The Morgan fingerprint density at radius 3 is 2.63 bits per heavy atom. The Bertz CT molecular complexity index is 715. The molecule has 0 bridgehead atoms. The summed E-state index contributed by atoms with van der Waals surface area (Å²) in [6.07, 6.45) is 0.986. The van der Waals surface area contributed by atoms with Crippen molar-refractivity contribution in [3.05, 3.63) is 42.5 Å². The van der Waals surface area contributed by atoms with E-state index in [0.29, 0.717) is 6.54 Å². The zero-order chi connectivity index (χ0) is 13.2. The number of hydrogen-bond donors (Lipinski definition) is 1. The van der Waals surface area contributed by atoms with Gasteiger partial charge in [0.25, 0.3) is 0 Å². The third kappa shape index (κ3) is 1.96. The van der Waals surface area contributed by atoms with Crippen molar-refractivity contribution >= 4 is 21.8 Å². The summed E-state index contributed by atoms with van der Waals surface area (Å²) in [5, 5.41) is 2.51. The number of aromatic nitrogens is 1. The third-order valence-corrected chi connectivity index (χ3v) is 3.57. The molecule has 0 saturated heterocycles. The van der Waals surface area contributed by atoms with E-state index in [1.54, 1.807) is 7.11 Å². The SMILES string of the molecule is COc1ccc2c(c1)c1ccccc1n2CCCN. The molecule has 0 spiro atoms. The first-order chi connectivity index (χ1) is 9.35. The first-order valence-electron chi connectivity index (χ1n) is 6.60. The Morgan fingerprint density at radius 1 is 1.05 bits per heavy atom. The van der Waals surface area contributed by atoms with E-state index in [-0.39, 0.29) is 0 Å². The van der Waals surface area contributed by atoms with Crippen molar-refractivity contribution < 1.29 is 4.74 Å². The Balaban J connectivity index is 2.30. The van der Waals surface area contributed by atoms with Crippen molar-refractivity contribution in [3.8, 4) is 5.75 Å². The van der Waals surface area contributed by atoms with Crippen LogP contribution >= 0.6 is 0 Å². The van der Waals surface area contributed by atoms with E-state index in [1.165, 1.54) is 21.8 Å². The lowest BCUT2D eigenvalue weighted by Gasteiger charge is -2.06. The molecule has 3 nitrogen and oxygen atoms in total. The van der Waals surface area contributed by atoms with Crippen LogP contribution in [0, 0.1) is 0 Å². The van der Waals surface area contributed by atoms with Gasteiger partial charge in [-0.3, -0.25) is 0 Å². The number of methoxy groups -OCH3 is 1. The third-order valence-electron chi connectivity index (χ3n) is 3.57. The van der Waals surface area contributed by atoms with Gasteiger partial charge >= 0.3 is 0 Å². The summed E-state index contributed by atoms with van der Waals surface area (Å²) in [5.74, 6) is 0.897. The van der Waals surface area contributed by atoms with Crippen LogP contribution in [0.5, 0.6) is 5.75 Å². The maximum atomic E-state index is 5.65. The molecule has 3 heteroatoms. The number of ether oxygens (including phenoxy) is 1. The zero-order valence-corrected chi connectivity index (χ0v) is 11.1. The minimum atomic E-state index is 0.712. The van der Waals surface area contributed by atoms with Crippen molar-refractivity contribution in [2.75, 3.05) is 13.7 Å². The quantitative estimate of drug-likeness (QED) is 0.777. The lowest BCUT2D eigenvalue weighted by molar-refractivity contribution is 0.415. The van der Waals surface area contributed by atoms with Crippen LogP contribution in [0.15, 0.2) is 42.5 Å². The van der Waals surface area contributed by atoms with Crippen LogP contribution in [0.2, 0.25) is 0 Å². The molecule has 0 atom stereocenters. The number of nitrogens with zero attached hydrogens (tertiary/aromatic N) is 1. The molecular weight excluding hydrogens is 236 g/mol. The number of fused-ring (bicyclic) bond motifs is 3. The lowest BCUT2D eigenvalue weighted by Crippen LogP contribution is -2.05. The van der Waals surface area contributed by atoms with E-state index in [0.717, 1.165) is 18.7 Å². The summed E-state index contributed by atoms with van der Waals surface area (Å²) in [6, 6.07) is 14.7. The highest BCUT2D eigenvalue weighted by atomic mass is 16.5. The number of benzene rings is 2. The van der Waals surface area contributed by atoms with Crippen LogP contribution < -0.4 is 10.5 Å². The van der Waals surface area contributed by atoms with Gasteiger partial charge in [0.05, 0.1) is 7.11 Å². The van der Waals surface area contributed by atoms with Gasteiger partial charge in [-0.2, -0.15) is 0 Å². The van der Waals surface area contributed by atoms with E-state index in [4.69, 9.17) is 10.5 Å². The van der Waals surface area contributed by atoms with Gasteiger partial charge < -0.3 is 15.0 Å². The molecule has 0 aliphatic rings. The van der Waals surface area contributed by atoms with Crippen molar-refractivity contribution in [2.24, 2.45) is 5.73 Å². The smallest absolute Gasteiger partial charge is 0.119 e. The van der Waals surface area contributed by atoms with Gasteiger partial charge in [0.2, 0.25) is 0 Å². The molecule has 0 fully saturated rings. The molecule has 3 aromatic rings. The number of rotatable bonds is 4. The number of aryl methyl sites for hydroxylation is 1. The van der Waals surface area contributed by atoms with Gasteiger partial charge in [0.15, 0.2) is 0 Å². The topological polar surface area (TPSA) is 40.2 Å². The number of hydrogen-bond acceptors (Lipinski definition) is 2. The molecule has 3 rings (SSSR count). The normalized spacial score (nSPS) is 11.3. The summed E-state index contributed by atoms with van der Waals surface area (Å²) in [4.78, 5) is 0. The minimum Gasteiger partial charge on any atom is -0.497 e. The lowest BCUT2D eigenvalue weighted by atomic mass is 10.1. The summed E-state index contributed by atoms with van der Waals surface area (Å²) < 4.78 is 7.68. The Morgan fingerprint density at radius 2 is 1.84 bits per heavy atom. The van der Waals surface area contributed by atoms with Crippen LogP contribution in [0.4, 0.5) is 0 Å². The molecule has 0 unspecified atom stereocenters. The molecule has 98 valence electrons. The van der Waals surface area contributed by atoms with E-state index in [9.17, 15) is 0 Å². The van der Waals surface area contributed by atoms with Gasteiger partial charge in [0.1, 0.15) is 5.75 Å². The maximum absolute atomic E-state index is 5.65. The standard InChI is InChI=1S/C16H18N2O/c1-19-12-7-8-16-14(11-12)13-5-2-3-6-15(13)18(16)10-4-9-17/h2-3,5-8,11H,4,9-10,17H2,1H3. The second-order valence-electron chi connectivity index (χ2n) is 4.69. The molecule has 1 heterocycles. The summed E-state index contributed by atoms with van der Waals surface area (Å²) in [6.45, 7) is 1.66. The Labute approximate surface area is 112 Å². The molecule has 0 amide bonds. The molecule has 0 aliphatic heterocycles. The van der Waals surface area contributed by atoms with Crippen LogP contribution in [-0.2, 0) is 6.54 Å². The molecule has 0 saturated carbocycles. The van der Waals surface area contributed by atoms with Gasteiger partial charge in [-0.05, 0) is 37.2 Å². The predicted molar refractivity (Wildman–Crippen MR) is 79.7 cm³/mol. The number of nitrogens with two attached hydrogens (primary N) is 1. The van der Waals surface area contributed by atoms with Gasteiger partial charge in [-0.1, -0.05) is 18.2 Å². The van der Waals surface area contributed by atoms with Crippen molar-refractivity contribution in [3.63, 3.8) is 0 Å². The minimum absolute atomic E-state index is 0.712. The molecule has 2 aromatic carbocycles. The molecule has 0 radical (unpaired) electrons. The zero-order valence-electron chi connectivity index (χ0n) is 11.1. The van der Waals surface area contributed by atoms with Gasteiger partial charge in [-0.25, -0.2) is 0 Å². The predicted octanol–water partition coefficient (Wildman–Crippen LogP) is 3.15. The molecule has 0 aliphatic carbocycles. The largest absolute Gasteiger partial charge is 0.497 e. The first-order valence-corrected chi connectivity index (χ1v) is 6.60.